The van der Waals surface area contributed by atoms with Crippen LogP contribution in [0.5, 0.6) is 5.75 Å². The van der Waals surface area contributed by atoms with Crippen molar-refractivity contribution in [2.45, 2.75) is 6.42 Å². The lowest BCUT2D eigenvalue weighted by Gasteiger charge is -2.26. The van der Waals surface area contributed by atoms with E-state index in [-0.39, 0.29) is 34.2 Å². The van der Waals surface area contributed by atoms with Gasteiger partial charge in [0.1, 0.15) is 11.5 Å². The highest BCUT2D eigenvalue weighted by atomic mass is 16.3. The zero-order valence-corrected chi connectivity index (χ0v) is 9.38. The third kappa shape index (κ3) is 1.39. The van der Waals surface area contributed by atoms with Crippen molar-refractivity contribution in [3.05, 3.63) is 52.8 Å². The highest BCUT2D eigenvalue weighted by Crippen LogP contribution is 2.36. The van der Waals surface area contributed by atoms with Gasteiger partial charge < -0.3 is 10.2 Å². The minimum absolute atomic E-state index is 0.0182. The molecule has 0 bridgehead atoms. The van der Waals surface area contributed by atoms with Crippen LogP contribution in [0.15, 0.2) is 41.7 Å². The topological polar surface area (TPSA) is 74.6 Å². The van der Waals surface area contributed by atoms with Crippen molar-refractivity contribution in [2.24, 2.45) is 5.92 Å². The molecule has 3 rings (SSSR count). The third-order valence-corrected chi connectivity index (χ3v) is 3.33. The molecular formula is C14H10O4. The van der Waals surface area contributed by atoms with Gasteiger partial charge in [-0.1, -0.05) is 0 Å². The number of phenols is 1. The van der Waals surface area contributed by atoms with Crippen molar-refractivity contribution in [3.63, 3.8) is 0 Å². The quantitative estimate of drug-likeness (QED) is 0.731. The van der Waals surface area contributed by atoms with Crippen LogP contribution >= 0.6 is 0 Å². The van der Waals surface area contributed by atoms with Gasteiger partial charge in [0, 0.05) is 16.7 Å². The molecule has 2 N–H and O–H groups in total. The van der Waals surface area contributed by atoms with Crippen molar-refractivity contribution in [1.29, 1.82) is 0 Å². The van der Waals surface area contributed by atoms with Crippen LogP contribution in [0.2, 0.25) is 0 Å². The second kappa shape index (κ2) is 3.57. The molecule has 0 fully saturated rings. The summed E-state index contributed by atoms with van der Waals surface area (Å²) < 4.78 is 0. The lowest BCUT2D eigenvalue weighted by molar-refractivity contribution is 0.0880. The molecule has 1 aromatic carbocycles. The minimum atomic E-state index is -0.539. The van der Waals surface area contributed by atoms with Gasteiger partial charge in [-0.3, -0.25) is 9.59 Å². The number of ketones is 2. The van der Waals surface area contributed by atoms with Crippen molar-refractivity contribution in [3.8, 4) is 5.75 Å². The van der Waals surface area contributed by atoms with Crippen molar-refractivity contribution in [1.82, 2.24) is 0 Å². The van der Waals surface area contributed by atoms with Crippen LogP contribution in [0, 0.1) is 5.92 Å². The summed E-state index contributed by atoms with van der Waals surface area (Å²) in [5.74, 6) is -0.992. The number of hydrogen-bond donors (Lipinski definition) is 2. The number of aliphatic hydroxyl groups is 1. The smallest absolute Gasteiger partial charge is 0.190 e. The molecule has 4 heteroatoms. The standard InChI is InChI=1S/C14H10O4/c15-7-1-3-9-11(5-7)14(18)10-4-2-8(16)6-12(10)13(9)17/h1-3,5-6,10,15-16H,4H2. The van der Waals surface area contributed by atoms with Gasteiger partial charge in [-0.15, -0.1) is 0 Å². The highest BCUT2D eigenvalue weighted by Gasteiger charge is 2.37. The highest BCUT2D eigenvalue weighted by molar-refractivity contribution is 6.23. The second-order valence-electron chi connectivity index (χ2n) is 4.44. The summed E-state index contributed by atoms with van der Waals surface area (Å²) in [6.45, 7) is 0. The molecule has 0 amide bonds. The zero-order chi connectivity index (χ0) is 12.9. The number of carbonyl (C=O) groups is 2. The van der Waals surface area contributed by atoms with E-state index in [0.29, 0.717) is 12.0 Å². The first-order valence-electron chi connectivity index (χ1n) is 5.60. The molecule has 1 aromatic rings. The van der Waals surface area contributed by atoms with E-state index >= 15 is 0 Å². The fourth-order valence-corrected chi connectivity index (χ4v) is 2.43. The molecule has 2 aliphatic rings. The van der Waals surface area contributed by atoms with Gasteiger partial charge in [0.25, 0.3) is 0 Å². The molecule has 0 radical (unpaired) electrons. The Morgan fingerprint density at radius 2 is 1.89 bits per heavy atom. The number of aromatic hydroxyl groups is 1. The Morgan fingerprint density at radius 3 is 2.67 bits per heavy atom. The summed E-state index contributed by atoms with van der Waals surface area (Å²) in [7, 11) is 0. The maximum absolute atomic E-state index is 12.2. The van der Waals surface area contributed by atoms with Crippen LogP contribution in [-0.4, -0.2) is 21.8 Å². The maximum Gasteiger partial charge on any atom is 0.190 e. The number of rotatable bonds is 0. The molecule has 1 unspecified atom stereocenters. The van der Waals surface area contributed by atoms with Gasteiger partial charge >= 0.3 is 0 Å². The second-order valence-corrected chi connectivity index (χ2v) is 4.44. The molecule has 18 heavy (non-hydrogen) atoms. The third-order valence-electron chi connectivity index (χ3n) is 3.33. The number of carbonyl (C=O) groups excluding carboxylic acids is 2. The van der Waals surface area contributed by atoms with E-state index in [1.165, 1.54) is 30.4 Å². The van der Waals surface area contributed by atoms with E-state index in [2.05, 4.69) is 0 Å². The predicted octanol–water partition coefficient (Wildman–Crippen LogP) is 2.16. The van der Waals surface area contributed by atoms with E-state index in [0.717, 1.165) is 0 Å². The summed E-state index contributed by atoms with van der Waals surface area (Å²) in [6.07, 6.45) is 3.19. The van der Waals surface area contributed by atoms with Gasteiger partial charge in [0.2, 0.25) is 0 Å². The number of fused-ring (bicyclic) bond motifs is 2. The van der Waals surface area contributed by atoms with Crippen molar-refractivity contribution < 1.29 is 19.8 Å². The Kier molecular flexibility index (Phi) is 2.13. The molecule has 0 aliphatic heterocycles. The fourth-order valence-electron chi connectivity index (χ4n) is 2.43. The van der Waals surface area contributed by atoms with Crippen LogP contribution in [0.3, 0.4) is 0 Å². The summed E-state index contributed by atoms with van der Waals surface area (Å²) >= 11 is 0. The van der Waals surface area contributed by atoms with Gasteiger partial charge in [-0.05, 0) is 36.8 Å². The molecule has 0 saturated carbocycles. The van der Waals surface area contributed by atoms with Crippen LogP contribution < -0.4 is 0 Å². The van der Waals surface area contributed by atoms with E-state index < -0.39 is 5.92 Å². The first-order valence-corrected chi connectivity index (χ1v) is 5.60. The Labute approximate surface area is 103 Å². The molecule has 0 aromatic heterocycles. The molecule has 1 atom stereocenters. The number of phenolic OH excluding ortho intramolecular Hbond substituents is 1. The van der Waals surface area contributed by atoms with E-state index in [9.17, 15) is 19.8 Å². The van der Waals surface area contributed by atoms with Crippen molar-refractivity contribution in [2.75, 3.05) is 0 Å². The van der Waals surface area contributed by atoms with E-state index in [4.69, 9.17) is 0 Å². The predicted molar refractivity (Wildman–Crippen MR) is 63.7 cm³/mol. The molecular weight excluding hydrogens is 232 g/mol. The van der Waals surface area contributed by atoms with E-state index in [1.807, 2.05) is 0 Å². The summed E-state index contributed by atoms with van der Waals surface area (Å²) in [6, 6.07) is 4.14. The van der Waals surface area contributed by atoms with Crippen molar-refractivity contribution >= 4 is 11.6 Å². The SMILES string of the molecule is O=C1C2=CC(O)=CCC2C(=O)c2cc(O)ccc21. The largest absolute Gasteiger partial charge is 0.508 e. The normalized spacial score (nSPS) is 21.9. The van der Waals surface area contributed by atoms with Gasteiger partial charge in [-0.2, -0.15) is 0 Å². The van der Waals surface area contributed by atoms with Gasteiger partial charge in [0.05, 0.1) is 5.92 Å². The molecule has 90 valence electrons. The molecule has 0 spiro atoms. The first kappa shape index (κ1) is 10.8. The monoisotopic (exact) mass is 242 g/mol. The van der Waals surface area contributed by atoms with Crippen LogP contribution in [-0.2, 0) is 0 Å². The fraction of sp³-hybridized carbons (Fsp3) is 0.143. The average Bonchev–Trinajstić information content (AvgIpc) is 2.36. The molecule has 4 nitrogen and oxygen atoms in total. The lowest BCUT2D eigenvalue weighted by Crippen LogP contribution is -2.30. The Bertz CT molecular complexity index is 637. The Balaban J connectivity index is 2.22. The van der Waals surface area contributed by atoms with Gasteiger partial charge in [-0.25, -0.2) is 0 Å². The van der Waals surface area contributed by atoms with Crippen LogP contribution in [0.4, 0.5) is 0 Å². The molecule has 0 heterocycles. The number of hydrogen-bond acceptors (Lipinski definition) is 4. The molecule has 2 aliphatic carbocycles. The van der Waals surface area contributed by atoms with Crippen LogP contribution in [0.1, 0.15) is 27.1 Å². The van der Waals surface area contributed by atoms with E-state index in [1.54, 1.807) is 0 Å². The summed E-state index contributed by atoms with van der Waals surface area (Å²) in [5.41, 5.74) is 0.880. The number of allylic oxidation sites excluding steroid dienone is 3. The number of benzene rings is 1. The lowest BCUT2D eigenvalue weighted by atomic mass is 9.74. The maximum atomic E-state index is 12.2. The summed E-state index contributed by atoms with van der Waals surface area (Å²) in [4.78, 5) is 24.5. The Hall–Kier alpha value is -2.36. The zero-order valence-electron chi connectivity index (χ0n) is 9.38. The number of Topliss-reactive ketones (excluding diaryl/α,β-unsaturated/α-hetero) is 2. The molecule has 0 saturated heterocycles. The Morgan fingerprint density at radius 1 is 1.11 bits per heavy atom. The average molecular weight is 242 g/mol. The summed E-state index contributed by atoms with van der Waals surface area (Å²) in [5, 5.41) is 18.8. The minimum Gasteiger partial charge on any atom is -0.508 e. The first-order chi connectivity index (χ1) is 8.58. The van der Waals surface area contributed by atoms with Crippen LogP contribution in [0.25, 0.3) is 0 Å². The van der Waals surface area contributed by atoms with Gasteiger partial charge in [0.15, 0.2) is 11.6 Å². The number of aliphatic hydroxyl groups excluding tert-OH is 1.